The Balaban J connectivity index is 2.36. The number of hydrogen-bond acceptors (Lipinski definition) is 2. The summed E-state index contributed by atoms with van der Waals surface area (Å²) in [6, 6.07) is 15.8. The van der Waals surface area contributed by atoms with E-state index in [1.807, 2.05) is 60.4 Å². The number of carbonyl (C=O) groups excluding carboxylic acids is 1. The van der Waals surface area contributed by atoms with Crippen LogP contribution in [0.4, 0.5) is 5.69 Å². The van der Waals surface area contributed by atoms with E-state index in [1.54, 1.807) is 0 Å². The van der Waals surface area contributed by atoms with Crippen LogP contribution >= 0.6 is 11.6 Å². The molecular weight excluding hydrogens is 320 g/mol. The molecule has 0 heterocycles. The van der Waals surface area contributed by atoms with E-state index in [1.165, 1.54) is 0 Å². The number of halogens is 1. The predicted octanol–water partition coefficient (Wildman–Crippen LogP) is 4.52. The van der Waals surface area contributed by atoms with E-state index < -0.39 is 0 Å². The van der Waals surface area contributed by atoms with Crippen molar-refractivity contribution in [2.45, 2.75) is 27.3 Å². The largest absolute Gasteiger partial charge is 0.305 e. The molecule has 3 nitrogen and oxygen atoms in total. The molecule has 0 saturated heterocycles. The highest BCUT2D eigenvalue weighted by Crippen LogP contribution is 2.31. The highest BCUT2D eigenvalue weighted by Gasteiger charge is 2.22. The summed E-state index contributed by atoms with van der Waals surface area (Å²) in [7, 11) is 0. The van der Waals surface area contributed by atoms with Gasteiger partial charge in [0.05, 0.1) is 23.8 Å². The monoisotopic (exact) mass is 344 g/mol. The third-order valence-corrected chi connectivity index (χ3v) is 4.50. The Labute approximate surface area is 149 Å². The van der Waals surface area contributed by atoms with Crippen LogP contribution in [0.1, 0.15) is 25.0 Å². The van der Waals surface area contributed by atoms with Crippen LogP contribution in [0.2, 0.25) is 5.02 Å². The minimum absolute atomic E-state index is 0.0683. The number of para-hydroxylation sites is 1. The Hall–Kier alpha value is -1.84. The molecule has 4 heteroatoms. The Bertz CT molecular complexity index is 648. The minimum atomic E-state index is 0.0683. The van der Waals surface area contributed by atoms with E-state index >= 15 is 0 Å². The molecule has 0 atom stereocenters. The van der Waals surface area contributed by atoms with Crippen LogP contribution in [-0.4, -0.2) is 30.4 Å². The summed E-state index contributed by atoms with van der Waals surface area (Å²) in [6.07, 6.45) is 0. The van der Waals surface area contributed by atoms with Gasteiger partial charge in [0.1, 0.15) is 0 Å². The molecule has 0 unspecified atom stereocenters. The van der Waals surface area contributed by atoms with Crippen LogP contribution < -0.4 is 4.90 Å². The molecule has 2 aromatic rings. The molecule has 0 aliphatic rings. The van der Waals surface area contributed by atoms with Crippen LogP contribution in [0.15, 0.2) is 48.5 Å². The quantitative estimate of drug-likeness (QED) is 0.737. The molecule has 128 valence electrons. The molecule has 0 aliphatic heterocycles. The molecule has 0 radical (unpaired) electrons. The van der Waals surface area contributed by atoms with Crippen LogP contribution in [0.25, 0.3) is 0 Å². The molecule has 0 saturated carbocycles. The van der Waals surface area contributed by atoms with E-state index in [0.29, 0.717) is 18.1 Å². The number of rotatable bonds is 7. The summed E-state index contributed by atoms with van der Waals surface area (Å²) in [6.45, 7) is 8.74. The highest BCUT2D eigenvalue weighted by molar-refractivity contribution is 6.34. The van der Waals surface area contributed by atoms with Gasteiger partial charge < -0.3 is 4.90 Å². The van der Waals surface area contributed by atoms with Crippen molar-refractivity contribution in [2.24, 2.45) is 0 Å². The second kappa shape index (κ2) is 8.86. The standard InChI is InChI=1S/C20H25ClN2O/c1-4-22(5-2)15-19(24)23(14-17-11-7-6-8-12-17)20-16(3)10-9-13-18(20)21/h6-13H,4-5,14-15H2,1-3H3. The molecule has 0 N–H and O–H groups in total. The van der Waals surface area contributed by atoms with Crippen LogP contribution in [0.5, 0.6) is 0 Å². The van der Waals surface area contributed by atoms with Gasteiger partial charge in [-0.25, -0.2) is 0 Å². The van der Waals surface area contributed by atoms with Crippen molar-refractivity contribution in [3.8, 4) is 0 Å². The van der Waals surface area contributed by atoms with E-state index in [9.17, 15) is 4.79 Å². The van der Waals surface area contributed by atoms with Gasteiger partial charge in [-0.1, -0.05) is 67.9 Å². The van der Waals surface area contributed by atoms with Gasteiger partial charge in [-0.3, -0.25) is 9.69 Å². The number of hydrogen-bond donors (Lipinski definition) is 0. The fourth-order valence-corrected chi connectivity index (χ4v) is 3.07. The fourth-order valence-electron chi connectivity index (χ4n) is 2.75. The maximum Gasteiger partial charge on any atom is 0.241 e. The lowest BCUT2D eigenvalue weighted by Gasteiger charge is -2.28. The molecule has 0 fully saturated rings. The van der Waals surface area contributed by atoms with Gasteiger partial charge in [0.15, 0.2) is 0 Å². The smallest absolute Gasteiger partial charge is 0.241 e. The second-order valence-electron chi connectivity index (χ2n) is 5.83. The van der Waals surface area contributed by atoms with Gasteiger partial charge in [-0.05, 0) is 37.2 Å². The van der Waals surface area contributed by atoms with E-state index in [-0.39, 0.29) is 5.91 Å². The molecule has 1 amide bonds. The summed E-state index contributed by atoms with van der Waals surface area (Å²) in [5.74, 6) is 0.0683. The molecule has 2 rings (SSSR count). The Kier molecular flexibility index (Phi) is 6.83. The summed E-state index contributed by atoms with van der Waals surface area (Å²) >= 11 is 6.43. The lowest BCUT2D eigenvalue weighted by atomic mass is 10.1. The number of carbonyl (C=O) groups is 1. The SMILES string of the molecule is CCN(CC)CC(=O)N(Cc1ccccc1)c1c(C)cccc1Cl. The molecule has 0 bridgehead atoms. The molecule has 24 heavy (non-hydrogen) atoms. The van der Waals surface area contributed by atoms with Gasteiger partial charge >= 0.3 is 0 Å². The topological polar surface area (TPSA) is 23.6 Å². The van der Waals surface area contributed by atoms with Crippen molar-refractivity contribution in [1.82, 2.24) is 4.90 Å². The summed E-state index contributed by atoms with van der Waals surface area (Å²) in [4.78, 5) is 16.9. The van der Waals surface area contributed by atoms with Crippen molar-refractivity contribution in [2.75, 3.05) is 24.5 Å². The first-order valence-corrected chi connectivity index (χ1v) is 8.76. The van der Waals surface area contributed by atoms with Crippen molar-refractivity contribution >= 4 is 23.2 Å². The zero-order chi connectivity index (χ0) is 17.5. The van der Waals surface area contributed by atoms with Crippen LogP contribution in [-0.2, 0) is 11.3 Å². The predicted molar refractivity (Wildman–Crippen MR) is 102 cm³/mol. The molecule has 2 aromatic carbocycles. The van der Waals surface area contributed by atoms with Gasteiger partial charge in [0.2, 0.25) is 5.91 Å². The van der Waals surface area contributed by atoms with Crippen molar-refractivity contribution in [1.29, 1.82) is 0 Å². The number of nitrogens with zero attached hydrogens (tertiary/aromatic N) is 2. The van der Waals surface area contributed by atoms with Crippen molar-refractivity contribution < 1.29 is 4.79 Å². The lowest BCUT2D eigenvalue weighted by molar-refractivity contribution is -0.119. The first kappa shape index (κ1) is 18.5. The highest BCUT2D eigenvalue weighted by atomic mass is 35.5. The maximum absolute atomic E-state index is 13.0. The third-order valence-electron chi connectivity index (χ3n) is 4.20. The molecule has 0 spiro atoms. The van der Waals surface area contributed by atoms with Gasteiger partial charge in [0.25, 0.3) is 0 Å². The minimum Gasteiger partial charge on any atom is -0.305 e. The second-order valence-corrected chi connectivity index (χ2v) is 6.24. The summed E-state index contributed by atoms with van der Waals surface area (Å²) in [5.41, 5.74) is 2.90. The number of amides is 1. The van der Waals surface area contributed by atoms with E-state index in [2.05, 4.69) is 18.7 Å². The van der Waals surface area contributed by atoms with Crippen molar-refractivity contribution in [3.05, 3.63) is 64.7 Å². The number of anilines is 1. The Morgan fingerprint density at radius 3 is 2.25 bits per heavy atom. The molecular formula is C20H25ClN2O. The molecule has 0 aromatic heterocycles. The first-order chi connectivity index (χ1) is 11.6. The normalized spacial score (nSPS) is 10.9. The zero-order valence-corrected chi connectivity index (χ0v) is 15.4. The Morgan fingerprint density at radius 1 is 1.00 bits per heavy atom. The van der Waals surface area contributed by atoms with Crippen LogP contribution in [0.3, 0.4) is 0 Å². The van der Waals surface area contributed by atoms with Gasteiger partial charge in [-0.15, -0.1) is 0 Å². The van der Waals surface area contributed by atoms with Crippen LogP contribution in [0, 0.1) is 6.92 Å². The van der Waals surface area contributed by atoms with Gasteiger partial charge in [0, 0.05) is 0 Å². The maximum atomic E-state index is 13.0. The number of benzene rings is 2. The summed E-state index contributed by atoms with van der Waals surface area (Å²) in [5, 5.41) is 0.610. The third kappa shape index (κ3) is 4.59. The average Bonchev–Trinajstić information content (AvgIpc) is 2.59. The zero-order valence-electron chi connectivity index (χ0n) is 14.6. The Morgan fingerprint density at radius 2 is 1.67 bits per heavy atom. The fraction of sp³-hybridized carbons (Fsp3) is 0.350. The van der Waals surface area contributed by atoms with E-state index in [4.69, 9.17) is 11.6 Å². The van der Waals surface area contributed by atoms with Gasteiger partial charge in [-0.2, -0.15) is 0 Å². The number of aryl methyl sites for hydroxylation is 1. The summed E-state index contributed by atoms with van der Waals surface area (Å²) < 4.78 is 0. The van der Waals surface area contributed by atoms with E-state index in [0.717, 1.165) is 29.9 Å². The average molecular weight is 345 g/mol. The lowest BCUT2D eigenvalue weighted by Crippen LogP contribution is -2.40. The molecule has 0 aliphatic carbocycles. The number of likely N-dealkylation sites (N-methyl/N-ethyl adjacent to an activating group) is 1. The first-order valence-electron chi connectivity index (χ1n) is 8.38. The van der Waals surface area contributed by atoms with Crippen molar-refractivity contribution in [3.63, 3.8) is 0 Å².